The Kier molecular flexibility index (Phi) is 5.65. The van der Waals surface area contributed by atoms with Gasteiger partial charge in [0.2, 0.25) is 0 Å². The van der Waals surface area contributed by atoms with Crippen molar-refractivity contribution >= 4 is 28.4 Å². The molecule has 2 aromatic carbocycles. The number of carbonyl (C=O) groups excluding carboxylic acids is 1. The minimum atomic E-state index is -4.65. The molecule has 4 aromatic rings. The number of anilines is 2. The Balaban J connectivity index is 1.41. The van der Waals surface area contributed by atoms with Gasteiger partial charge < -0.3 is 14.6 Å². The van der Waals surface area contributed by atoms with Crippen LogP contribution in [0.5, 0.6) is 11.5 Å². The monoisotopic (exact) mass is 456 g/mol. The molecule has 0 unspecified atom stereocenters. The molecule has 168 valence electrons. The van der Waals surface area contributed by atoms with Gasteiger partial charge in [0, 0.05) is 18.8 Å². The van der Waals surface area contributed by atoms with Crippen molar-refractivity contribution in [3.05, 3.63) is 77.2 Å². The molecule has 4 rings (SSSR count). The first kappa shape index (κ1) is 21.7. The van der Waals surface area contributed by atoms with Gasteiger partial charge >= 0.3 is 12.2 Å². The number of halogens is 3. The Labute approximate surface area is 183 Å². The third-order valence-electron chi connectivity index (χ3n) is 4.44. The van der Waals surface area contributed by atoms with Gasteiger partial charge in [0.15, 0.2) is 0 Å². The second-order valence-corrected chi connectivity index (χ2v) is 6.83. The van der Waals surface area contributed by atoms with Gasteiger partial charge in [-0.1, -0.05) is 0 Å². The third-order valence-corrected chi connectivity index (χ3v) is 4.44. The van der Waals surface area contributed by atoms with Crippen molar-refractivity contribution in [3.8, 4) is 11.5 Å². The van der Waals surface area contributed by atoms with Gasteiger partial charge in [0.1, 0.15) is 29.3 Å². The normalized spacial score (nSPS) is 11.3. The van der Waals surface area contributed by atoms with Crippen LogP contribution in [0.4, 0.5) is 29.5 Å². The molecule has 0 aliphatic rings. The second kappa shape index (κ2) is 8.57. The number of nitrogens with zero attached hydrogens (tertiary/aromatic N) is 4. The van der Waals surface area contributed by atoms with Crippen molar-refractivity contribution in [2.24, 2.45) is 7.05 Å². The molecule has 0 bridgehead atoms. The van der Waals surface area contributed by atoms with Gasteiger partial charge in [-0.3, -0.25) is 10.1 Å². The maximum Gasteiger partial charge on any atom is 0.433 e. The SMILES string of the molecule is Cn1cnc2ccc(Oc3ccc(NC(=O)Nc4cc(C(F)(F)F)ncn4)cc3)cc2c1=O. The molecule has 0 aliphatic carbocycles. The van der Waals surface area contributed by atoms with Gasteiger partial charge in [0.05, 0.1) is 17.2 Å². The van der Waals surface area contributed by atoms with Crippen LogP contribution in [0.2, 0.25) is 0 Å². The Morgan fingerprint density at radius 2 is 1.70 bits per heavy atom. The van der Waals surface area contributed by atoms with E-state index in [1.165, 1.54) is 23.0 Å². The number of fused-ring (bicyclic) bond motifs is 1. The number of aromatic nitrogens is 4. The molecule has 2 heterocycles. The topological polar surface area (TPSA) is 111 Å². The molecule has 0 fully saturated rings. The van der Waals surface area contributed by atoms with Crippen LogP contribution in [0.15, 0.2) is 66.0 Å². The molecule has 2 amide bonds. The Morgan fingerprint density at radius 1 is 0.970 bits per heavy atom. The lowest BCUT2D eigenvalue weighted by molar-refractivity contribution is -0.141. The minimum absolute atomic E-state index is 0.206. The van der Waals surface area contributed by atoms with Crippen LogP contribution in [-0.2, 0) is 13.2 Å². The lowest BCUT2D eigenvalue weighted by Gasteiger charge is -2.10. The summed E-state index contributed by atoms with van der Waals surface area (Å²) in [6, 6.07) is 11.0. The van der Waals surface area contributed by atoms with E-state index >= 15 is 0 Å². The molecule has 2 aromatic heterocycles. The molecule has 2 N–H and O–H groups in total. The molecule has 0 radical (unpaired) electrons. The zero-order chi connectivity index (χ0) is 23.6. The van der Waals surface area contributed by atoms with Crippen molar-refractivity contribution in [1.29, 1.82) is 0 Å². The number of amides is 2. The molecule has 0 saturated heterocycles. The lowest BCUT2D eigenvalue weighted by atomic mass is 10.2. The fraction of sp³-hybridized carbons (Fsp3) is 0.0952. The number of carbonyl (C=O) groups is 1. The summed E-state index contributed by atoms with van der Waals surface area (Å²) in [5.41, 5.74) is -0.470. The third kappa shape index (κ3) is 5.06. The van der Waals surface area contributed by atoms with E-state index in [1.54, 1.807) is 37.4 Å². The van der Waals surface area contributed by atoms with Crippen molar-refractivity contribution in [1.82, 2.24) is 19.5 Å². The average Bonchev–Trinajstić information content (AvgIpc) is 2.77. The predicted molar refractivity (Wildman–Crippen MR) is 113 cm³/mol. The van der Waals surface area contributed by atoms with E-state index in [-0.39, 0.29) is 11.4 Å². The van der Waals surface area contributed by atoms with Gasteiger partial charge in [-0.2, -0.15) is 13.2 Å². The van der Waals surface area contributed by atoms with Crippen LogP contribution in [-0.4, -0.2) is 25.6 Å². The van der Waals surface area contributed by atoms with E-state index in [4.69, 9.17) is 4.74 Å². The number of hydrogen-bond acceptors (Lipinski definition) is 6. The average molecular weight is 456 g/mol. The number of nitrogens with one attached hydrogen (secondary N) is 2. The fourth-order valence-corrected chi connectivity index (χ4v) is 2.86. The highest BCUT2D eigenvalue weighted by atomic mass is 19.4. The minimum Gasteiger partial charge on any atom is -0.457 e. The second-order valence-electron chi connectivity index (χ2n) is 6.83. The molecule has 0 aliphatic heterocycles. The van der Waals surface area contributed by atoms with Crippen LogP contribution < -0.4 is 20.9 Å². The summed E-state index contributed by atoms with van der Waals surface area (Å²) in [4.78, 5) is 35.2. The smallest absolute Gasteiger partial charge is 0.433 e. The summed E-state index contributed by atoms with van der Waals surface area (Å²) in [5.74, 6) is 0.564. The van der Waals surface area contributed by atoms with Crippen LogP contribution in [0, 0.1) is 0 Å². The van der Waals surface area contributed by atoms with Crippen LogP contribution >= 0.6 is 0 Å². The molecule has 9 nitrogen and oxygen atoms in total. The van der Waals surface area contributed by atoms with E-state index in [9.17, 15) is 22.8 Å². The van der Waals surface area contributed by atoms with Crippen LogP contribution in [0.3, 0.4) is 0 Å². The summed E-state index contributed by atoms with van der Waals surface area (Å²) in [6.45, 7) is 0. The summed E-state index contributed by atoms with van der Waals surface area (Å²) in [6.07, 6.45) is -2.50. The molecule has 0 atom stereocenters. The first-order valence-electron chi connectivity index (χ1n) is 9.39. The first-order chi connectivity index (χ1) is 15.7. The Bertz CT molecular complexity index is 1390. The number of benzene rings is 2. The number of ether oxygens (including phenoxy) is 1. The zero-order valence-electron chi connectivity index (χ0n) is 16.9. The van der Waals surface area contributed by atoms with Crippen LogP contribution in [0.25, 0.3) is 10.9 Å². The lowest BCUT2D eigenvalue weighted by Crippen LogP contribution is -2.21. The Morgan fingerprint density at radius 3 is 2.42 bits per heavy atom. The van der Waals surface area contributed by atoms with Gasteiger partial charge in [-0.15, -0.1) is 0 Å². The van der Waals surface area contributed by atoms with Crippen LogP contribution in [0.1, 0.15) is 5.69 Å². The van der Waals surface area contributed by atoms with Crippen molar-refractivity contribution in [2.45, 2.75) is 6.18 Å². The van der Waals surface area contributed by atoms with E-state index in [1.807, 2.05) is 0 Å². The molecular formula is C21H15F3N6O3. The van der Waals surface area contributed by atoms with Crippen molar-refractivity contribution in [2.75, 3.05) is 10.6 Å². The molecular weight excluding hydrogens is 441 g/mol. The number of rotatable bonds is 4. The first-order valence-corrected chi connectivity index (χ1v) is 9.39. The largest absolute Gasteiger partial charge is 0.457 e. The maximum atomic E-state index is 12.7. The van der Waals surface area contributed by atoms with Crippen molar-refractivity contribution in [3.63, 3.8) is 0 Å². The standard InChI is InChI=1S/C21H15F3N6O3/c1-30-11-27-16-7-6-14(8-15(16)19(30)31)33-13-4-2-12(3-5-13)28-20(32)29-18-9-17(21(22,23)24)25-10-26-18/h2-11H,1H3,(H2,25,26,28,29,32). The Hall–Kier alpha value is -4.48. The molecule has 12 heteroatoms. The summed E-state index contributed by atoms with van der Waals surface area (Å²) >= 11 is 0. The number of aryl methyl sites for hydroxylation is 1. The maximum absolute atomic E-state index is 12.7. The van der Waals surface area contributed by atoms with E-state index in [0.29, 0.717) is 40.5 Å². The quantitative estimate of drug-likeness (QED) is 0.477. The fourth-order valence-electron chi connectivity index (χ4n) is 2.86. The van der Waals surface area contributed by atoms with E-state index in [2.05, 4.69) is 25.6 Å². The van der Waals surface area contributed by atoms with Gasteiger partial charge in [0.25, 0.3) is 5.56 Å². The highest BCUT2D eigenvalue weighted by Crippen LogP contribution is 2.28. The summed E-state index contributed by atoms with van der Waals surface area (Å²) < 4.78 is 45.2. The van der Waals surface area contributed by atoms with Crippen molar-refractivity contribution < 1.29 is 22.7 Å². The molecule has 33 heavy (non-hydrogen) atoms. The predicted octanol–water partition coefficient (Wildman–Crippen LogP) is 4.18. The number of alkyl halides is 3. The highest BCUT2D eigenvalue weighted by Gasteiger charge is 2.32. The zero-order valence-corrected chi connectivity index (χ0v) is 16.9. The van der Waals surface area contributed by atoms with Gasteiger partial charge in [-0.25, -0.2) is 19.7 Å². The van der Waals surface area contributed by atoms with E-state index in [0.717, 1.165) is 0 Å². The van der Waals surface area contributed by atoms with Gasteiger partial charge in [-0.05, 0) is 42.5 Å². The number of urea groups is 1. The van der Waals surface area contributed by atoms with E-state index < -0.39 is 17.9 Å². The highest BCUT2D eigenvalue weighted by molar-refractivity contribution is 5.99. The summed E-state index contributed by atoms with van der Waals surface area (Å²) in [7, 11) is 1.60. The number of hydrogen-bond donors (Lipinski definition) is 2. The molecule has 0 spiro atoms. The molecule has 0 saturated carbocycles. The summed E-state index contributed by atoms with van der Waals surface area (Å²) in [5, 5.41) is 5.10.